The third-order valence-corrected chi connectivity index (χ3v) is 3.99. The molecule has 0 fully saturated rings. The van der Waals surface area contributed by atoms with Crippen LogP contribution >= 0.6 is 11.6 Å². The summed E-state index contributed by atoms with van der Waals surface area (Å²) in [5.41, 5.74) is 8.55. The summed E-state index contributed by atoms with van der Waals surface area (Å²) in [6.07, 6.45) is 0. The number of anilines is 2. The summed E-state index contributed by atoms with van der Waals surface area (Å²) in [6.45, 7) is 2.17. The first-order chi connectivity index (χ1) is 9.97. The van der Waals surface area contributed by atoms with E-state index in [0.29, 0.717) is 28.7 Å². The Hall–Kier alpha value is -2.21. The van der Waals surface area contributed by atoms with Crippen molar-refractivity contribution in [2.75, 3.05) is 17.2 Å². The van der Waals surface area contributed by atoms with Crippen LogP contribution in [0.4, 0.5) is 11.4 Å². The Bertz CT molecular complexity index is 726. The molecule has 1 aromatic carbocycles. The summed E-state index contributed by atoms with van der Waals surface area (Å²) >= 11 is 6.26. The largest absolute Gasteiger partial charge is 0.482 e. The highest BCUT2D eigenvalue weighted by Crippen LogP contribution is 2.35. The van der Waals surface area contributed by atoms with Crippen molar-refractivity contribution in [3.63, 3.8) is 0 Å². The molecule has 2 heterocycles. The molecule has 1 amide bonds. The second-order valence-electron chi connectivity index (χ2n) is 4.97. The average molecular weight is 307 g/mol. The fourth-order valence-electron chi connectivity index (χ4n) is 2.39. The molecule has 3 rings (SSSR count). The number of hydrogen-bond acceptors (Lipinski definition) is 4. The van der Waals surface area contributed by atoms with Crippen molar-refractivity contribution < 1.29 is 9.53 Å². The average Bonchev–Trinajstić information content (AvgIpc) is 2.68. The number of ether oxygens (including phenoxy) is 1. The summed E-state index contributed by atoms with van der Waals surface area (Å²) in [7, 11) is 1.80. The maximum absolute atomic E-state index is 12.2. The van der Waals surface area contributed by atoms with Gasteiger partial charge in [0.05, 0.1) is 28.6 Å². The van der Waals surface area contributed by atoms with Crippen molar-refractivity contribution in [2.45, 2.75) is 13.5 Å². The van der Waals surface area contributed by atoms with Gasteiger partial charge in [0.15, 0.2) is 6.61 Å². The standard InChI is InChI=1S/C14H15ClN4O2/c1-8-14(15)11(18(2)17-8)6-19-10-5-9(16)3-4-12(10)21-7-13(19)20/h3-5H,6-7,16H2,1-2H3. The fourth-order valence-corrected chi connectivity index (χ4v) is 2.61. The normalized spacial score (nSPS) is 14.0. The molecule has 6 nitrogen and oxygen atoms in total. The molecule has 21 heavy (non-hydrogen) atoms. The molecule has 1 aromatic heterocycles. The summed E-state index contributed by atoms with van der Waals surface area (Å²) < 4.78 is 7.11. The second kappa shape index (κ2) is 4.96. The number of carbonyl (C=O) groups excluding carboxylic acids is 1. The van der Waals surface area contributed by atoms with Gasteiger partial charge in [-0.25, -0.2) is 0 Å². The Kier molecular flexibility index (Phi) is 3.25. The minimum absolute atomic E-state index is 0.00533. The number of hydrogen-bond donors (Lipinski definition) is 1. The number of rotatable bonds is 2. The van der Waals surface area contributed by atoms with E-state index in [1.807, 2.05) is 6.92 Å². The number of benzene rings is 1. The predicted molar refractivity (Wildman–Crippen MR) is 80.5 cm³/mol. The van der Waals surface area contributed by atoms with Crippen LogP contribution in [0.1, 0.15) is 11.4 Å². The molecule has 1 aliphatic heterocycles. The maximum Gasteiger partial charge on any atom is 0.265 e. The second-order valence-corrected chi connectivity index (χ2v) is 5.34. The van der Waals surface area contributed by atoms with Gasteiger partial charge in [0.2, 0.25) is 0 Å². The van der Waals surface area contributed by atoms with E-state index in [2.05, 4.69) is 5.10 Å². The molecule has 0 atom stereocenters. The molecule has 0 saturated heterocycles. The van der Waals surface area contributed by atoms with Crippen molar-refractivity contribution in [2.24, 2.45) is 7.05 Å². The van der Waals surface area contributed by atoms with Gasteiger partial charge < -0.3 is 10.5 Å². The number of nitrogen functional groups attached to an aromatic ring is 1. The third kappa shape index (κ3) is 2.31. The first-order valence-electron chi connectivity index (χ1n) is 6.48. The Morgan fingerprint density at radius 1 is 1.48 bits per heavy atom. The Balaban J connectivity index is 2.02. The molecule has 0 radical (unpaired) electrons. The Morgan fingerprint density at radius 2 is 2.24 bits per heavy atom. The highest BCUT2D eigenvalue weighted by atomic mass is 35.5. The smallest absolute Gasteiger partial charge is 0.265 e. The SMILES string of the molecule is Cc1nn(C)c(CN2C(=O)COc3ccc(N)cc32)c1Cl. The van der Waals surface area contributed by atoms with Crippen molar-refractivity contribution in [1.29, 1.82) is 0 Å². The van der Waals surface area contributed by atoms with Crippen molar-refractivity contribution in [1.82, 2.24) is 9.78 Å². The highest BCUT2D eigenvalue weighted by molar-refractivity contribution is 6.31. The van der Waals surface area contributed by atoms with E-state index < -0.39 is 0 Å². The first-order valence-corrected chi connectivity index (χ1v) is 6.86. The predicted octanol–water partition coefficient (Wildman–Crippen LogP) is 1.89. The van der Waals surface area contributed by atoms with Crippen LogP contribution in [0.3, 0.4) is 0 Å². The van der Waals surface area contributed by atoms with Crippen LogP contribution in [0.5, 0.6) is 5.75 Å². The lowest BCUT2D eigenvalue weighted by Gasteiger charge is -2.29. The summed E-state index contributed by atoms with van der Waals surface area (Å²) in [5, 5.41) is 4.84. The van der Waals surface area contributed by atoms with Crippen LogP contribution in [0.2, 0.25) is 5.02 Å². The molecule has 0 unspecified atom stereocenters. The van der Waals surface area contributed by atoms with Gasteiger partial charge in [0.1, 0.15) is 5.75 Å². The number of fused-ring (bicyclic) bond motifs is 1. The van der Waals surface area contributed by atoms with E-state index in [0.717, 1.165) is 11.4 Å². The zero-order chi connectivity index (χ0) is 15.1. The highest BCUT2D eigenvalue weighted by Gasteiger charge is 2.27. The Morgan fingerprint density at radius 3 is 2.90 bits per heavy atom. The number of halogens is 1. The van der Waals surface area contributed by atoms with Crippen LogP contribution in [-0.2, 0) is 18.4 Å². The Labute approximate surface area is 127 Å². The van der Waals surface area contributed by atoms with E-state index in [-0.39, 0.29) is 12.5 Å². The van der Waals surface area contributed by atoms with E-state index >= 15 is 0 Å². The van der Waals surface area contributed by atoms with Crippen LogP contribution in [0.25, 0.3) is 0 Å². The summed E-state index contributed by atoms with van der Waals surface area (Å²) in [6, 6.07) is 5.23. The number of nitrogens with zero attached hydrogens (tertiary/aromatic N) is 3. The molecular formula is C14H15ClN4O2. The van der Waals surface area contributed by atoms with Crippen LogP contribution in [-0.4, -0.2) is 22.3 Å². The lowest BCUT2D eigenvalue weighted by Crippen LogP contribution is -2.38. The lowest BCUT2D eigenvalue weighted by atomic mass is 10.2. The molecule has 0 aliphatic carbocycles. The zero-order valence-corrected chi connectivity index (χ0v) is 12.5. The molecule has 0 bridgehead atoms. The zero-order valence-electron chi connectivity index (χ0n) is 11.8. The molecule has 2 N–H and O–H groups in total. The van der Waals surface area contributed by atoms with Crippen LogP contribution < -0.4 is 15.4 Å². The summed E-state index contributed by atoms with van der Waals surface area (Å²) in [4.78, 5) is 13.8. The van der Waals surface area contributed by atoms with Gasteiger partial charge in [-0.1, -0.05) is 11.6 Å². The van der Waals surface area contributed by atoms with Gasteiger partial charge in [-0.05, 0) is 25.1 Å². The van der Waals surface area contributed by atoms with Gasteiger partial charge >= 0.3 is 0 Å². The van der Waals surface area contributed by atoms with Gasteiger partial charge in [0, 0.05) is 12.7 Å². The first kappa shape index (κ1) is 13.8. The van der Waals surface area contributed by atoms with E-state index in [1.165, 1.54) is 0 Å². The van der Waals surface area contributed by atoms with Gasteiger partial charge in [0.25, 0.3) is 5.91 Å². The van der Waals surface area contributed by atoms with Gasteiger partial charge in [-0.2, -0.15) is 5.10 Å². The molecule has 2 aromatic rings. The quantitative estimate of drug-likeness (QED) is 0.860. The van der Waals surface area contributed by atoms with Crippen LogP contribution in [0, 0.1) is 6.92 Å². The minimum atomic E-state index is -0.136. The number of aryl methyl sites for hydroxylation is 2. The molecule has 1 aliphatic rings. The number of nitrogens with two attached hydrogens (primary N) is 1. The third-order valence-electron chi connectivity index (χ3n) is 3.50. The van der Waals surface area contributed by atoms with E-state index in [1.54, 1.807) is 34.8 Å². The summed E-state index contributed by atoms with van der Waals surface area (Å²) in [5.74, 6) is 0.502. The number of amides is 1. The fraction of sp³-hybridized carbons (Fsp3) is 0.286. The van der Waals surface area contributed by atoms with Gasteiger partial charge in [-0.15, -0.1) is 0 Å². The maximum atomic E-state index is 12.2. The van der Waals surface area contributed by atoms with Crippen molar-refractivity contribution in [3.05, 3.63) is 34.6 Å². The molecule has 110 valence electrons. The van der Waals surface area contributed by atoms with E-state index in [9.17, 15) is 4.79 Å². The molecule has 7 heteroatoms. The molecular weight excluding hydrogens is 292 g/mol. The molecule has 0 saturated carbocycles. The number of aromatic nitrogens is 2. The molecule has 0 spiro atoms. The minimum Gasteiger partial charge on any atom is -0.482 e. The number of carbonyl (C=O) groups is 1. The van der Waals surface area contributed by atoms with Crippen LogP contribution in [0.15, 0.2) is 18.2 Å². The van der Waals surface area contributed by atoms with Crippen molar-refractivity contribution >= 4 is 28.9 Å². The van der Waals surface area contributed by atoms with E-state index in [4.69, 9.17) is 22.1 Å². The lowest BCUT2D eigenvalue weighted by molar-refractivity contribution is -0.121. The topological polar surface area (TPSA) is 73.4 Å². The van der Waals surface area contributed by atoms with Crippen molar-refractivity contribution in [3.8, 4) is 5.75 Å². The monoisotopic (exact) mass is 306 g/mol. The van der Waals surface area contributed by atoms with Gasteiger partial charge in [-0.3, -0.25) is 14.4 Å².